The minimum Gasteiger partial charge on any atom is -0.425 e. The molecule has 0 radical (unpaired) electrons. The van der Waals surface area contributed by atoms with E-state index in [1.807, 2.05) is 0 Å². The van der Waals surface area contributed by atoms with Crippen LogP contribution >= 0.6 is 0 Å². The number of fused-ring (bicyclic) bond motifs is 3. The van der Waals surface area contributed by atoms with E-state index >= 15 is 0 Å². The number of rotatable bonds is 1. The third-order valence-corrected chi connectivity index (χ3v) is 2.82. The van der Waals surface area contributed by atoms with Crippen molar-refractivity contribution in [1.29, 1.82) is 0 Å². The van der Waals surface area contributed by atoms with Gasteiger partial charge in [0.1, 0.15) is 5.69 Å². The highest BCUT2D eigenvalue weighted by molar-refractivity contribution is 5.81. The monoisotopic (exact) mass is 261 g/mol. The van der Waals surface area contributed by atoms with Gasteiger partial charge in [0.25, 0.3) is 5.56 Å². The highest BCUT2D eigenvalue weighted by atomic mass is 16.6. The fraction of sp³-hybridized carbons (Fsp3) is 0.100. The molecular formula is C10H7N5O4. The quantitative estimate of drug-likeness (QED) is 0.387. The Bertz CT molecular complexity index is 894. The van der Waals surface area contributed by atoms with Gasteiger partial charge in [-0.05, 0) is 13.0 Å². The molecule has 3 rings (SSSR count). The van der Waals surface area contributed by atoms with Crippen molar-refractivity contribution in [2.24, 2.45) is 0 Å². The molecule has 0 aliphatic rings. The molecule has 0 spiro atoms. The lowest BCUT2D eigenvalue weighted by Crippen LogP contribution is -2.17. The first-order chi connectivity index (χ1) is 9.00. The second-order valence-electron chi connectivity index (χ2n) is 3.95. The molecule has 0 amide bonds. The lowest BCUT2D eigenvalue weighted by Gasteiger charge is -2.01. The Balaban J connectivity index is 2.56. The fourth-order valence-electron chi connectivity index (χ4n) is 1.97. The molecule has 3 aromatic rings. The molecule has 0 fully saturated rings. The first-order valence-electron chi connectivity index (χ1n) is 5.24. The molecule has 1 N–H and O–H groups in total. The zero-order valence-corrected chi connectivity index (χ0v) is 9.64. The zero-order valence-electron chi connectivity index (χ0n) is 9.64. The fourth-order valence-corrected chi connectivity index (χ4v) is 1.97. The smallest absolute Gasteiger partial charge is 0.336 e. The Labute approximate surface area is 104 Å². The predicted octanol–water partition coefficient (Wildman–Crippen LogP) is 0.498. The molecule has 19 heavy (non-hydrogen) atoms. The molecule has 0 saturated heterocycles. The van der Waals surface area contributed by atoms with Gasteiger partial charge in [-0.15, -0.1) is 0 Å². The van der Waals surface area contributed by atoms with Crippen molar-refractivity contribution in [2.45, 2.75) is 6.92 Å². The van der Waals surface area contributed by atoms with E-state index < -0.39 is 10.5 Å². The molecule has 0 saturated carbocycles. The molecular weight excluding hydrogens is 254 g/mol. The summed E-state index contributed by atoms with van der Waals surface area (Å²) >= 11 is 0. The van der Waals surface area contributed by atoms with E-state index in [-0.39, 0.29) is 22.4 Å². The molecule has 96 valence electrons. The van der Waals surface area contributed by atoms with E-state index in [1.54, 1.807) is 0 Å². The molecule has 0 aromatic carbocycles. The van der Waals surface area contributed by atoms with Crippen LogP contribution in [0, 0.1) is 17.0 Å². The first-order valence-corrected chi connectivity index (χ1v) is 5.24. The number of nitro groups is 1. The van der Waals surface area contributed by atoms with Gasteiger partial charge in [0.05, 0.1) is 15.8 Å². The number of hydrogen-bond acceptors (Lipinski definition) is 6. The van der Waals surface area contributed by atoms with Crippen LogP contribution in [0.4, 0.5) is 5.69 Å². The summed E-state index contributed by atoms with van der Waals surface area (Å²) in [5.41, 5.74) is -0.252. The summed E-state index contributed by atoms with van der Waals surface area (Å²) in [6, 6.07) is 1.43. The average Bonchev–Trinajstić information content (AvgIpc) is 2.69. The van der Waals surface area contributed by atoms with E-state index in [4.69, 9.17) is 0 Å². The Morgan fingerprint density at radius 3 is 2.89 bits per heavy atom. The van der Waals surface area contributed by atoms with Gasteiger partial charge in [-0.3, -0.25) is 14.9 Å². The van der Waals surface area contributed by atoms with E-state index in [9.17, 15) is 20.1 Å². The normalized spacial score (nSPS) is 11.2. The van der Waals surface area contributed by atoms with Gasteiger partial charge in [-0.1, -0.05) is 0 Å². The average molecular weight is 261 g/mol. The van der Waals surface area contributed by atoms with Gasteiger partial charge in [-0.25, -0.2) is 9.50 Å². The summed E-state index contributed by atoms with van der Waals surface area (Å²) in [6.07, 6.45) is 2.33. The SMILES string of the molecule is Cc1nn2c(ncc3c(=O)n(O)ccc32)c1[N+](=O)[O-]. The summed E-state index contributed by atoms with van der Waals surface area (Å²) in [6.45, 7) is 1.49. The van der Waals surface area contributed by atoms with Gasteiger partial charge in [-0.2, -0.15) is 9.83 Å². The van der Waals surface area contributed by atoms with Crippen LogP contribution in [0.5, 0.6) is 0 Å². The van der Waals surface area contributed by atoms with Crippen molar-refractivity contribution in [1.82, 2.24) is 19.3 Å². The third-order valence-electron chi connectivity index (χ3n) is 2.82. The van der Waals surface area contributed by atoms with Crippen LogP contribution in [0.2, 0.25) is 0 Å². The molecule has 9 nitrogen and oxygen atoms in total. The summed E-state index contributed by atoms with van der Waals surface area (Å²) < 4.78 is 1.64. The maximum Gasteiger partial charge on any atom is 0.336 e. The van der Waals surface area contributed by atoms with Gasteiger partial charge in [0, 0.05) is 12.4 Å². The van der Waals surface area contributed by atoms with Gasteiger partial charge in [0.15, 0.2) is 0 Å². The minimum atomic E-state index is -0.664. The number of hydrogen-bond donors (Lipinski definition) is 1. The Hall–Kier alpha value is -2.97. The Morgan fingerprint density at radius 2 is 2.21 bits per heavy atom. The van der Waals surface area contributed by atoms with E-state index in [0.29, 0.717) is 10.2 Å². The lowest BCUT2D eigenvalue weighted by molar-refractivity contribution is -0.383. The second kappa shape index (κ2) is 3.51. The molecule has 3 aromatic heterocycles. The van der Waals surface area contributed by atoms with Crippen LogP contribution in [-0.2, 0) is 0 Å². The number of aromatic nitrogens is 4. The summed E-state index contributed by atoms with van der Waals surface area (Å²) in [5, 5.41) is 24.4. The summed E-state index contributed by atoms with van der Waals surface area (Å²) in [7, 11) is 0. The van der Waals surface area contributed by atoms with Crippen LogP contribution in [0.15, 0.2) is 23.3 Å². The maximum absolute atomic E-state index is 11.7. The lowest BCUT2D eigenvalue weighted by atomic mass is 10.3. The topological polar surface area (TPSA) is 116 Å². The highest BCUT2D eigenvalue weighted by Gasteiger charge is 2.23. The molecule has 0 atom stereocenters. The predicted molar refractivity (Wildman–Crippen MR) is 63.3 cm³/mol. The van der Waals surface area contributed by atoms with Gasteiger partial charge in [0.2, 0.25) is 5.65 Å². The third kappa shape index (κ3) is 1.38. The van der Waals surface area contributed by atoms with Crippen molar-refractivity contribution in [3.8, 4) is 0 Å². The number of nitrogens with zero attached hydrogens (tertiary/aromatic N) is 5. The summed E-state index contributed by atoms with van der Waals surface area (Å²) in [5.74, 6) is 0. The Morgan fingerprint density at radius 1 is 1.47 bits per heavy atom. The van der Waals surface area contributed by atoms with Crippen molar-refractivity contribution in [2.75, 3.05) is 0 Å². The second-order valence-corrected chi connectivity index (χ2v) is 3.95. The molecule has 0 unspecified atom stereocenters. The van der Waals surface area contributed by atoms with Crippen LogP contribution in [0.1, 0.15) is 5.69 Å². The first kappa shape index (κ1) is 11.1. The molecule has 0 bridgehead atoms. The van der Waals surface area contributed by atoms with E-state index in [1.165, 1.54) is 23.7 Å². The molecule has 0 aliphatic carbocycles. The van der Waals surface area contributed by atoms with Crippen LogP contribution in [-0.4, -0.2) is 29.5 Å². The minimum absolute atomic E-state index is 0.0603. The number of aryl methyl sites for hydroxylation is 1. The van der Waals surface area contributed by atoms with Crippen LogP contribution < -0.4 is 5.56 Å². The maximum atomic E-state index is 11.7. The molecule has 3 heterocycles. The van der Waals surface area contributed by atoms with Crippen molar-refractivity contribution < 1.29 is 10.1 Å². The molecule has 9 heteroatoms. The van der Waals surface area contributed by atoms with E-state index in [2.05, 4.69) is 10.1 Å². The van der Waals surface area contributed by atoms with E-state index in [0.717, 1.165) is 6.20 Å². The zero-order chi connectivity index (χ0) is 13.7. The van der Waals surface area contributed by atoms with Crippen molar-refractivity contribution in [3.05, 3.63) is 44.6 Å². The number of pyridine rings is 1. The van der Waals surface area contributed by atoms with Crippen molar-refractivity contribution >= 4 is 22.2 Å². The van der Waals surface area contributed by atoms with Crippen LogP contribution in [0.3, 0.4) is 0 Å². The highest BCUT2D eigenvalue weighted by Crippen LogP contribution is 2.24. The van der Waals surface area contributed by atoms with Gasteiger partial charge >= 0.3 is 5.69 Å². The van der Waals surface area contributed by atoms with Crippen LogP contribution in [0.25, 0.3) is 16.6 Å². The standard InChI is InChI=1S/C10H7N5O4/c1-5-8(15(18)19)9-11-4-6-7(14(9)12-5)2-3-13(17)10(6)16/h2-4,17H,1H3. The largest absolute Gasteiger partial charge is 0.425 e. The summed E-state index contributed by atoms with van der Waals surface area (Å²) in [4.78, 5) is 26.0. The Kier molecular flexibility index (Phi) is 2.06. The van der Waals surface area contributed by atoms with Gasteiger partial charge < -0.3 is 5.21 Å². The van der Waals surface area contributed by atoms with Crippen molar-refractivity contribution in [3.63, 3.8) is 0 Å². The molecule has 0 aliphatic heterocycles.